The number of likely N-dealkylation sites (tertiary alicyclic amines) is 2. The lowest BCUT2D eigenvalue weighted by Crippen LogP contribution is -2.54. The van der Waals surface area contributed by atoms with Crippen molar-refractivity contribution in [1.82, 2.24) is 25.1 Å². The molecule has 2 saturated heterocycles. The topological polar surface area (TPSA) is 108 Å². The molecule has 2 N–H and O–H groups in total. The van der Waals surface area contributed by atoms with Crippen LogP contribution >= 0.6 is 0 Å². The Morgan fingerprint density at radius 2 is 1.85 bits per heavy atom. The number of hydrogen-bond donors (Lipinski definition) is 2. The minimum absolute atomic E-state index is 0.0734. The molecule has 3 aromatic rings. The van der Waals surface area contributed by atoms with Crippen LogP contribution in [0.4, 0.5) is 4.79 Å². The van der Waals surface area contributed by atoms with E-state index in [1.54, 1.807) is 12.4 Å². The number of piperidine rings is 1. The van der Waals surface area contributed by atoms with Gasteiger partial charge in [0.1, 0.15) is 0 Å². The van der Waals surface area contributed by atoms with E-state index in [1.807, 2.05) is 49.4 Å². The van der Waals surface area contributed by atoms with Crippen LogP contribution in [-0.2, 0) is 16.8 Å². The van der Waals surface area contributed by atoms with Crippen LogP contribution < -0.4 is 10.1 Å². The Kier molecular flexibility index (Phi) is 8.07. The van der Waals surface area contributed by atoms with Crippen LogP contribution in [0.15, 0.2) is 67.0 Å². The van der Waals surface area contributed by atoms with E-state index in [0.29, 0.717) is 44.8 Å². The molecule has 4 heterocycles. The summed E-state index contributed by atoms with van der Waals surface area (Å²) in [7, 11) is 0. The van der Waals surface area contributed by atoms with Crippen molar-refractivity contribution < 1.29 is 19.4 Å². The molecule has 39 heavy (non-hydrogen) atoms. The summed E-state index contributed by atoms with van der Waals surface area (Å²) in [5, 5.41) is 12.5. The molecule has 2 fully saturated rings. The van der Waals surface area contributed by atoms with Crippen LogP contribution in [0.25, 0.3) is 11.1 Å². The lowest BCUT2D eigenvalue weighted by Gasteiger charge is -2.41. The summed E-state index contributed by atoms with van der Waals surface area (Å²) in [6.45, 7) is 5.53. The Labute approximate surface area is 228 Å². The van der Waals surface area contributed by atoms with Crippen molar-refractivity contribution in [3.8, 4) is 17.0 Å². The highest BCUT2D eigenvalue weighted by atomic mass is 16.5. The molecule has 9 heteroatoms. The van der Waals surface area contributed by atoms with Gasteiger partial charge in [-0.2, -0.15) is 0 Å². The molecule has 0 aliphatic carbocycles. The summed E-state index contributed by atoms with van der Waals surface area (Å²) in [4.78, 5) is 38.3. The van der Waals surface area contributed by atoms with Gasteiger partial charge in [-0.05, 0) is 63.0 Å². The third-order valence-corrected chi connectivity index (χ3v) is 7.80. The van der Waals surface area contributed by atoms with Crippen LogP contribution in [0.3, 0.4) is 0 Å². The van der Waals surface area contributed by atoms with Crippen molar-refractivity contribution >= 4 is 12.0 Å². The fourth-order valence-corrected chi connectivity index (χ4v) is 5.61. The first-order valence-electron chi connectivity index (χ1n) is 13.6. The third-order valence-electron chi connectivity index (χ3n) is 7.80. The average Bonchev–Trinajstić information content (AvgIpc) is 3.44. The molecular weight excluding hydrogens is 494 g/mol. The first-order valence-corrected chi connectivity index (χ1v) is 13.6. The molecule has 9 nitrogen and oxygen atoms in total. The van der Waals surface area contributed by atoms with Gasteiger partial charge in [0.2, 0.25) is 11.8 Å². The van der Waals surface area contributed by atoms with E-state index in [9.17, 15) is 14.7 Å². The van der Waals surface area contributed by atoms with Gasteiger partial charge in [0.25, 0.3) is 0 Å². The average molecular weight is 530 g/mol. The summed E-state index contributed by atoms with van der Waals surface area (Å²) in [5.74, 6) is 0.483. The number of benzene rings is 1. The maximum atomic E-state index is 13.9. The van der Waals surface area contributed by atoms with Crippen molar-refractivity contribution in [2.75, 3.05) is 32.8 Å². The molecule has 5 rings (SSSR count). The molecule has 0 bridgehead atoms. The predicted octanol–water partition coefficient (Wildman–Crippen LogP) is 3.94. The number of amides is 2. The lowest BCUT2D eigenvalue weighted by molar-refractivity contribution is -0.129. The second kappa shape index (κ2) is 11.8. The predicted molar refractivity (Wildman–Crippen MR) is 147 cm³/mol. The van der Waals surface area contributed by atoms with E-state index in [4.69, 9.17) is 9.72 Å². The van der Waals surface area contributed by atoms with Crippen molar-refractivity contribution in [3.63, 3.8) is 0 Å². The standard InChI is InChI=1S/C30H35N5O4/c1-2-39-27-25(9-6-15-31-27)23-10-11-26(32-19-23)30(28(36)33-24-12-16-35(21-24)29(37)38)13-17-34(18-14-30)20-22-7-4-3-5-8-22/h3-11,15,19,24H,2,12-14,16-18,20-21H2,1H3,(H,33,36)(H,37,38)/t24-/m1/s1. The van der Waals surface area contributed by atoms with Crippen molar-refractivity contribution in [3.05, 3.63) is 78.2 Å². The zero-order valence-corrected chi connectivity index (χ0v) is 22.3. The quantitative estimate of drug-likeness (QED) is 0.455. The summed E-state index contributed by atoms with van der Waals surface area (Å²) in [5.41, 5.74) is 2.92. The minimum Gasteiger partial charge on any atom is -0.478 e. The number of carboxylic acid groups (broad SMARTS) is 1. The van der Waals surface area contributed by atoms with Crippen LogP contribution in [0.1, 0.15) is 37.4 Å². The highest BCUT2D eigenvalue weighted by Gasteiger charge is 2.45. The van der Waals surface area contributed by atoms with E-state index < -0.39 is 11.5 Å². The zero-order valence-electron chi connectivity index (χ0n) is 22.3. The Bertz CT molecular complexity index is 1280. The fraction of sp³-hybridized carbons (Fsp3) is 0.400. The molecule has 1 aromatic carbocycles. The normalized spacial score (nSPS) is 19.0. The Morgan fingerprint density at radius 1 is 1.05 bits per heavy atom. The fourth-order valence-electron chi connectivity index (χ4n) is 5.61. The molecule has 2 aliphatic rings. The van der Waals surface area contributed by atoms with Crippen molar-refractivity contribution in [2.45, 2.75) is 44.2 Å². The Balaban J connectivity index is 1.38. The van der Waals surface area contributed by atoms with E-state index in [2.05, 4.69) is 27.3 Å². The van der Waals surface area contributed by atoms with Crippen LogP contribution in [-0.4, -0.2) is 75.7 Å². The number of ether oxygens (including phenoxy) is 1. The molecule has 1 atom stereocenters. The van der Waals surface area contributed by atoms with Gasteiger partial charge in [-0.3, -0.25) is 14.7 Å². The molecule has 204 valence electrons. The SMILES string of the molecule is CCOc1ncccc1-c1ccc(C2(C(=O)N[C@@H]3CCN(C(=O)O)C3)CCN(Cc3ccccc3)CC2)nc1. The number of carbonyl (C=O) groups is 2. The summed E-state index contributed by atoms with van der Waals surface area (Å²) in [6, 6.07) is 17.9. The van der Waals surface area contributed by atoms with Crippen molar-refractivity contribution in [2.24, 2.45) is 0 Å². The zero-order chi connectivity index (χ0) is 27.2. The van der Waals surface area contributed by atoms with Gasteiger partial charge in [0.05, 0.1) is 17.7 Å². The monoisotopic (exact) mass is 529 g/mol. The van der Waals surface area contributed by atoms with E-state index in [1.165, 1.54) is 10.5 Å². The second-order valence-corrected chi connectivity index (χ2v) is 10.3. The van der Waals surface area contributed by atoms with Crippen LogP contribution in [0, 0.1) is 0 Å². The van der Waals surface area contributed by atoms with E-state index in [0.717, 1.165) is 36.5 Å². The number of pyridine rings is 2. The first-order chi connectivity index (χ1) is 19.0. The minimum atomic E-state index is -0.949. The van der Waals surface area contributed by atoms with Gasteiger partial charge in [-0.15, -0.1) is 0 Å². The van der Waals surface area contributed by atoms with Gasteiger partial charge < -0.3 is 20.1 Å². The third kappa shape index (κ3) is 5.88. The van der Waals surface area contributed by atoms with Gasteiger partial charge in [-0.25, -0.2) is 9.78 Å². The Hall–Kier alpha value is -3.98. The number of aromatic nitrogens is 2. The number of carbonyl (C=O) groups excluding carboxylic acids is 1. The molecule has 2 amide bonds. The summed E-state index contributed by atoms with van der Waals surface area (Å²) < 4.78 is 5.70. The molecule has 0 spiro atoms. The maximum absolute atomic E-state index is 13.9. The lowest BCUT2D eigenvalue weighted by atomic mass is 9.74. The summed E-state index contributed by atoms with van der Waals surface area (Å²) >= 11 is 0. The van der Waals surface area contributed by atoms with Gasteiger partial charge >= 0.3 is 6.09 Å². The molecule has 0 unspecified atom stereocenters. The van der Waals surface area contributed by atoms with Gasteiger partial charge in [-0.1, -0.05) is 36.4 Å². The number of nitrogens with zero attached hydrogens (tertiary/aromatic N) is 4. The maximum Gasteiger partial charge on any atom is 0.407 e. The van der Waals surface area contributed by atoms with Crippen LogP contribution in [0.5, 0.6) is 5.88 Å². The van der Waals surface area contributed by atoms with Gasteiger partial charge in [0.15, 0.2) is 0 Å². The first kappa shape index (κ1) is 26.6. The second-order valence-electron chi connectivity index (χ2n) is 10.3. The molecule has 2 aliphatic heterocycles. The highest BCUT2D eigenvalue weighted by Crippen LogP contribution is 2.37. The van der Waals surface area contributed by atoms with Crippen LogP contribution in [0.2, 0.25) is 0 Å². The largest absolute Gasteiger partial charge is 0.478 e. The number of rotatable bonds is 8. The van der Waals surface area contributed by atoms with E-state index in [-0.39, 0.29) is 11.9 Å². The molecule has 0 radical (unpaired) electrons. The van der Waals surface area contributed by atoms with Crippen molar-refractivity contribution in [1.29, 1.82) is 0 Å². The highest BCUT2D eigenvalue weighted by molar-refractivity contribution is 5.88. The van der Waals surface area contributed by atoms with Gasteiger partial charge in [0, 0.05) is 49.2 Å². The molecule has 2 aromatic heterocycles. The molecule has 0 saturated carbocycles. The number of hydrogen-bond acceptors (Lipinski definition) is 6. The smallest absolute Gasteiger partial charge is 0.407 e. The molecular formula is C30H35N5O4. The Morgan fingerprint density at radius 3 is 2.51 bits per heavy atom. The summed E-state index contributed by atoms with van der Waals surface area (Å²) in [6.07, 6.45) is 4.42. The number of nitrogens with one attached hydrogen (secondary N) is 1. The van der Waals surface area contributed by atoms with E-state index >= 15 is 0 Å².